The molecule has 9 heteroatoms. The molecule has 0 spiro atoms. The highest BCUT2D eigenvalue weighted by Crippen LogP contribution is 2.44. The number of carbonyl (C=O) groups is 1. The van der Waals surface area contributed by atoms with Gasteiger partial charge < -0.3 is 20.1 Å². The van der Waals surface area contributed by atoms with Crippen LogP contribution in [0.2, 0.25) is 5.02 Å². The minimum absolute atomic E-state index is 0.114. The Labute approximate surface area is 237 Å². The maximum atomic E-state index is 14.9. The third-order valence-electron chi connectivity index (χ3n) is 6.99. The second-order valence-corrected chi connectivity index (χ2v) is 10.7. The predicted octanol–water partition coefficient (Wildman–Crippen LogP) is 7.05. The van der Waals surface area contributed by atoms with Crippen LogP contribution in [0.1, 0.15) is 48.6 Å². The lowest BCUT2D eigenvalue weighted by atomic mass is 9.96. The first-order valence-corrected chi connectivity index (χ1v) is 13.5. The number of para-hydroxylation sites is 1. The lowest BCUT2D eigenvalue weighted by Crippen LogP contribution is -2.29. The number of nitrogens with one attached hydrogen (secondary N) is 2. The van der Waals surface area contributed by atoms with Crippen LogP contribution in [0.3, 0.4) is 0 Å². The quantitative estimate of drug-likeness (QED) is 0.247. The van der Waals surface area contributed by atoms with Crippen LogP contribution in [0, 0.1) is 25.6 Å². The third-order valence-corrected chi connectivity index (χ3v) is 7.62. The number of anilines is 2. The normalized spacial score (nSPS) is 17.0. The number of thiocarbonyl (C=S) groups is 1. The average molecular weight is 562 g/mol. The van der Waals surface area contributed by atoms with Crippen molar-refractivity contribution in [3.8, 4) is 5.69 Å². The summed E-state index contributed by atoms with van der Waals surface area (Å²) in [6.45, 7) is 7.60. The van der Waals surface area contributed by atoms with Crippen LogP contribution in [0.4, 0.5) is 15.8 Å². The molecule has 2 aromatic carbocycles. The van der Waals surface area contributed by atoms with E-state index in [0.717, 1.165) is 28.3 Å². The number of hydrogen-bond acceptors (Lipinski definition) is 3. The molecule has 5 rings (SSSR count). The van der Waals surface area contributed by atoms with Crippen molar-refractivity contribution in [2.24, 2.45) is 5.92 Å². The Bertz CT molecular complexity index is 1550. The Morgan fingerprint density at radius 1 is 1.10 bits per heavy atom. The minimum atomic E-state index is -0.300. The number of carbonyl (C=O) groups excluding carboxylic acids is 1. The molecule has 2 atom stereocenters. The maximum Gasteiger partial charge on any atom is 0.226 e. The van der Waals surface area contributed by atoms with Crippen molar-refractivity contribution in [3.63, 3.8) is 0 Å². The smallest absolute Gasteiger partial charge is 0.226 e. The molecule has 1 aliphatic heterocycles. The van der Waals surface area contributed by atoms with Gasteiger partial charge in [-0.05, 0) is 80.2 Å². The Hall–Kier alpha value is -3.75. The molecule has 2 N–H and O–H groups in total. The molecular weight excluding hydrogens is 533 g/mol. The molecule has 0 saturated carbocycles. The van der Waals surface area contributed by atoms with Crippen LogP contribution < -0.4 is 15.5 Å². The number of pyridine rings is 1. The fraction of sp³-hybridized carbons (Fsp3) is 0.233. The summed E-state index contributed by atoms with van der Waals surface area (Å²) >= 11 is 12.5. The summed E-state index contributed by atoms with van der Waals surface area (Å²) in [7, 11) is 0. The molecule has 0 radical (unpaired) electrons. The van der Waals surface area contributed by atoms with Crippen molar-refractivity contribution in [3.05, 3.63) is 106 Å². The van der Waals surface area contributed by atoms with Crippen molar-refractivity contribution < 1.29 is 9.18 Å². The van der Waals surface area contributed by atoms with Gasteiger partial charge in [0.2, 0.25) is 5.91 Å². The Morgan fingerprint density at radius 3 is 2.51 bits per heavy atom. The molecular formula is C30H29ClFN5OS. The van der Waals surface area contributed by atoms with Crippen LogP contribution >= 0.6 is 23.8 Å². The molecule has 0 aliphatic carbocycles. The third kappa shape index (κ3) is 5.02. The summed E-state index contributed by atoms with van der Waals surface area (Å²) in [4.78, 5) is 18.9. The van der Waals surface area contributed by atoms with E-state index in [2.05, 4.69) is 21.7 Å². The number of nitrogens with zero attached hydrogens (tertiary/aromatic N) is 3. The van der Waals surface area contributed by atoms with Crippen LogP contribution in [0.25, 0.3) is 5.69 Å². The SMILES string of the molecule is Cc1cc([C@@H]2[C@H](c3ccccn3)NC(=S)N2c2ccc(NC(=O)C(C)C)c(Cl)c2)c(C)n1-c1ccccc1F. The fourth-order valence-electron chi connectivity index (χ4n) is 5.07. The second-order valence-electron chi connectivity index (χ2n) is 9.92. The van der Waals surface area contributed by atoms with Crippen LogP contribution in [-0.2, 0) is 4.79 Å². The van der Waals surface area contributed by atoms with Crippen molar-refractivity contribution in [1.82, 2.24) is 14.9 Å². The first kappa shape index (κ1) is 26.8. The van der Waals surface area contributed by atoms with Crippen LogP contribution in [0.5, 0.6) is 0 Å². The molecule has 1 fully saturated rings. The van der Waals surface area contributed by atoms with Crippen LogP contribution in [-0.4, -0.2) is 20.6 Å². The molecule has 0 unspecified atom stereocenters. The molecule has 1 saturated heterocycles. The monoisotopic (exact) mass is 561 g/mol. The zero-order valence-electron chi connectivity index (χ0n) is 22.1. The first-order valence-electron chi connectivity index (χ1n) is 12.7. The Morgan fingerprint density at radius 2 is 1.85 bits per heavy atom. The van der Waals surface area contributed by atoms with Gasteiger partial charge in [-0.2, -0.15) is 0 Å². The van der Waals surface area contributed by atoms with Crippen molar-refractivity contribution in [1.29, 1.82) is 0 Å². The molecule has 1 amide bonds. The van der Waals surface area contributed by atoms with Crippen molar-refractivity contribution >= 4 is 46.2 Å². The summed E-state index contributed by atoms with van der Waals surface area (Å²) in [5, 5.41) is 7.25. The number of amides is 1. The number of aryl methyl sites for hydroxylation is 1. The summed E-state index contributed by atoms with van der Waals surface area (Å²) in [6.07, 6.45) is 1.76. The molecule has 0 bridgehead atoms. The summed E-state index contributed by atoms with van der Waals surface area (Å²) in [5.41, 5.74) is 5.39. The van der Waals surface area contributed by atoms with E-state index in [9.17, 15) is 9.18 Å². The lowest BCUT2D eigenvalue weighted by molar-refractivity contribution is -0.118. The van der Waals surface area contributed by atoms with E-state index in [0.29, 0.717) is 21.5 Å². The van der Waals surface area contributed by atoms with Gasteiger partial charge in [-0.25, -0.2) is 4.39 Å². The van der Waals surface area contributed by atoms with Gasteiger partial charge >= 0.3 is 0 Å². The van der Waals surface area contributed by atoms with Gasteiger partial charge in [-0.1, -0.05) is 43.6 Å². The van der Waals surface area contributed by atoms with E-state index in [1.165, 1.54) is 6.07 Å². The topological polar surface area (TPSA) is 62.2 Å². The highest BCUT2D eigenvalue weighted by atomic mass is 35.5. The van der Waals surface area contributed by atoms with Gasteiger partial charge in [0, 0.05) is 29.2 Å². The summed E-state index contributed by atoms with van der Waals surface area (Å²) in [6, 6.07) is 19.5. The van der Waals surface area contributed by atoms with Gasteiger partial charge in [0.05, 0.1) is 34.2 Å². The number of halogens is 2. The second kappa shape index (κ2) is 10.8. The molecule has 39 heavy (non-hydrogen) atoms. The van der Waals surface area contributed by atoms with E-state index in [1.54, 1.807) is 30.5 Å². The summed E-state index contributed by atoms with van der Waals surface area (Å²) in [5.74, 6) is -0.587. The van der Waals surface area contributed by atoms with E-state index in [1.807, 2.05) is 67.5 Å². The molecule has 4 aromatic rings. The van der Waals surface area contributed by atoms with E-state index in [4.69, 9.17) is 23.8 Å². The Kier molecular flexibility index (Phi) is 7.42. The molecule has 200 valence electrons. The maximum absolute atomic E-state index is 14.9. The standard InChI is InChI=1S/C30H29ClFN5OS/c1-17(2)29(38)34-24-13-12-20(16-22(24)31)37-28(27(35-30(37)39)25-10-7-8-14-33-25)21-15-18(3)36(19(21)4)26-11-6-5-9-23(26)32/h5-17,27-28H,1-4H3,(H,34,38)(H,35,39)/t27-,28+/m0/s1. The van der Waals surface area contributed by atoms with Crippen molar-refractivity contribution in [2.75, 3.05) is 10.2 Å². The number of rotatable bonds is 6. The highest BCUT2D eigenvalue weighted by Gasteiger charge is 2.42. The first-order chi connectivity index (χ1) is 18.7. The van der Waals surface area contributed by atoms with Gasteiger partial charge in [-0.15, -0.1) is 0 Å². The van der Waals surface area contributed by atoms with E-state index < -0.39 is 0 Å². The number of benzene rings is 2. The van der Waals surface area contributed by atoms with Gasteiger partial charge in [0.1, 0.15) is 5.82 Å². The van der Waals surface area contributed by atoms with E-state index >= 15 is 0 Å². The largest absolute Gasteiger partial charge is 0.351 e. The zero-order chi connectivity index (χ0) is 27.8. The predicted molar refractivity (Wildman–Crippen MR) is 158 cm³/mol. The van der Waals surface area contributed by atoms with E-state index in [-0.39, 0.29) is 29.7 Å². The molecule has 3 heterocycles. The molecule has 6 nitrogen and oxygen atoms in total. The minimum Gasteiger partial charge on any atom is -0.351 e. The molecule has 1 aliphatic rings. The number of aromatic nitrogens is 2. The fourth-order valence-corrected chi connectivity index (χ4v) is 5.64. The summed E-state index contributed by atoms with van der Waals surface area (Å²) < 4.78 is 16.8. The number of hydrogen-bond donors (Lipinski definition) is 2. The van der Waals surface area contributed by atoms with Gasteiger partial charge in [-0.3, -0.25) is 9.78 Å². The van der Waals surface area contributed by atoms with Gasteiger partial charge in [0.15, 0.2) is 5.11 Å². The molecule has 2 aromatic heterocycles. The lowest BCUT2D eigenvalue weighted by Gasteiger charge is -2.28. The average Bonchev–Trinajstić information content (AvgIpc) is 3.41. The zero-order valence-corrected chi connectivity index (χ0v) is 23.6. The van der Waals surface area contributed by atoms with Crippen molar-refractivity contribution in [2.45, 2.75) is 39.8 Å². The van der Waals surface area contributed by atoms with Gasteiger partial charge in [0.25, 0.3) is 0 Å². The Balaban J connectivity index is 1.63. The highest BCUT2D eigenvalue weighted by molar-refractivity contribution is 7.80. The van der Waals surface area contributed by atoms with Crippen LogP contribution in [0.15, 0.2) is 72.9 Å².